The van der Waals surface area contributed by atoms with Crippen LogP contribution in [0.3, 0.4) is 0 Å². The third-order valence-electron chi connectivity index (χ3n) is 2.41. The van der Waals surface area contributed by atoms with Gasteiger partial charge >= 0.3 is 0 Å². The molecule has 0 spiro atoms. The predicted octanol–water partition coefficient (Wildman–Crippen LogP) is 2.77. The lowest BCUT2D eigenvalue weighted by atomic mass is 10.1. The third kappa shape index (κ3) is 2.03. The van der Waals surface area contributed by atoms with Crippen molar-refractivity contribution in [2.75, 3.05) is 7.11 Å². The van der Waals surface area contributed by atoms with Crippen molar-refractivity contribution < 1.29 is 4.74 Å². The normalized spacial score (nSPS) is 10.2. The second-order valence-corrected chi connectivity index (χ2v) is 3.69. The minimum Gasteiger partial charge on any atom is -0.496 e. The Hall–Kier alpha value is -1.90. The minimum absolute atomic E-state index is 0.765. The summed E-state index contributed by atoms with van der Waals surface area (Å²) >= 11 is 0. The van der Waals surface area contributed by atoms with E-state index in [-0.39, 0.29) is 0 Å². The molecule has 3 heteroatoms. The van der Waals surface area contributed by atoms with E-state index in [1.807, 2.05) is 25.1 Å². The number of nitrogens with zero attached hydrogens (tertiary/aromatic N) is 2. The highest BCUT2D eigenvalue weighted by molar-refractivity contribution is 5.67. The third-order valence-corrected chi connectivity index (χ3v) is 2.41. The summed E-state index contributed by atoms with van der Waals surface area (Å²) in [6, 6.07) is 7.95. The lowest BCUT2D eigenvalue weighted by Gasteiger charge is -2.09. The molecule has 0 aliphatic carbocycles. The van der Waals surface area contributed by atoms with Crippen LogP contribution in [0.15, 0.2) is 30.5 Å². The van der Waals surface area contributed by atoms with E-state index in [4.69, 9.17) is 4.74 Å². The number of aryl methyl sites for hydroxylation is 2. The van der Waals surface area contributed by atoms with Crippen LogP contribution in [0.1, 0.15) is 11.4 Å². The van der Waals surface area contributed by atoms with Crippen molar-refractivity contribution in [2.24, 2.45) is 0 Å². The highest BCUT2D eigenvalue weighted by Gasteiger charge is 2.07. The molecule has 0 aliphatic rings. The molecule has 1 aromatic heterocycles. The summed E-state index contributed by atoms with van der Waals surface area (Å²) in [6.45, 7) is 3.93. The van der Waals surface area contributed by atoms with Gasteiger partial charge in [-0.15, -0.1) is 0 Å². The van der Waals surface area contributed by atoms with Crippen molar-refractivity contribution in [2.45, 2.75) is 13.8 Å². The Morgan fingerprint density at radius 1 is 1.12 bits per heavy atom. The van der Waals surface area contributed by atoms with Gasteiger partial charge in [0, 0.05) is 11.8 Å². The van der Waals surface area contributed by atoms with Gasteiger partial charge in [0.15, 0.2) is 0 Å². The van der Waals surface area contributed by atoms with Gasteiger partial charge in [0.05, 0.1) is 12.8 Å². The van der Waals surface area contributed by atoms with Gasteiger partial charge in [0.2, 0.25) is 0 Å². The van der Waals surface area contributed by atoms with Crippen molar-refractivity contribution in [3.05, 3.63) is 41.9 Å². The second-order valence-electron chi connectivity index (χ2n) is 3.69. The zero-order valence-electron chi connectivity index (χ0n) is 9.69. The Balaban J connectivity index is 2.58. The molecule has 0 saturated carbocycles. The summed E-state index contributed by atoms with van der Waals surface area (Å²) in [6.07, 6.45) is 1.76. The topological polar surface area (TPSA) is 35.0 Å². The standard InChI is InChI=1S/C13H14N2O/c1-9-4-5-13(16-3)11(8-9)12-6-7-14-10(2)15-12/h4-8H,1-3H3. The molecule has 2 rings (SSSR count). The molecule has 0 bridgehead atoms. The van der Waals surface area contributed by atoms with Crippen molar-refractivity contribution in [3.8, 4) is 17.0 Å². The van der Waals surface area contributed by atoms with E-state index >= 15 is 0 Å². The number of ether oxygens (including phenoxy) is 1. The van der Waals surface area contributed by atoms with E-state index in [2.05, 4.69) is 23.0 Å². The maximum Gasteiger partial charge on any atom is 0.128 e. The van der Waals surface area contributed by atoms with Gasteiger partial charge in [-0.1, -0.05) is 11.6 Å². The monoisotopic (exact) mass is 214 g/mol. The molecule has 2 aromatic rings. The first kappa shape index (κ1) is 10.6. The molecule has 1 aromatic carbocycles. The number of benzene rings is 1. The van der Waals surface area contributed by atoms with E-state index in [0.717, 1.165) is 22.8 Å². The van der Waals surface area contributed by atoms with Gasteiger partial charge in [0.25, 0.3) is 0 Å². The Bertz CT molecular complexity index is 509. The summed E-state index contributed by atoms with van der Waals surface area (Å²) in [7, 11) is 1.67. The van der Waals surface area contributed by atoms with Crippen LogP contribution in [-0.2, 0) is 0 Å². The Morgan fingerprint density at radius 3 is 2.62 bits per heavy atom. The van der Waals surface area contributed by atoms with Gasteiger partial charge in [-0.25, -0.2) is 9.97 Å². The zero-order valence-corrected chi connectivity index (χ0v) is 9.69. The van der Waals surface area contributed by atoms with Gasteiger partial charge in [-0.05, 0) is 32.0 Å². The van der Waals surface area contributed by atoms with E-state index in [9.17, 15) is 0 Å². The second kappa shape index (κ2) is 4.31. The maximum atomic E-state index is 5.33. The molecule has 3 nitrogen and oxygen atoms in total. The predicted molar refractivity (Wildman–Crippen MR) is 63.5 cm³/mol. The molecule has 0 N–H and O–H groups in total. The molecule has 0 atom stereocenters. The van der Waals surface area contributed by atoms with Crippen LogP contribution in [0.5, 0.6) is 5.75 Å². The zero-order chi connectivity index (χ0) is 11.5. The lowest BCUT2D eigenvalue weighted by molar-refractivity contribution is 0.416. The highest BCUT2D eigenvalue weighted by Crippen LogP contribution is 2.29. The van der Waals surface area contributed by atoms with Gasteiger partial charge in [-0.2, -0.15) is 0 Å². The first-order chi connectivity index (χ1) is 7.70. The van der Waals surface area contributed by atoms with Crippen LogP contribution in [-0.4, -0.2) is 17.1 Å². The number of methoxy groups -OCH3 is 1. The van der Waals surface area contributed by atoms with Crippen molar-refractivity contribution in [1.82, 2.24) is 9.97 Å². The quantitative estimate of drug-likeness (QED) is 0.771. The SMILES string of the molecule is COc1ccc(C)cc1-c1ccnc(C)n1. The smallest absolute Gasteiger partial charge is 0.128 e. The number of hydrogen-bond acceptors (Lipinski definition) is 3. The average Bonchev–Trinajstić information content (AvgIpc) is 2.29. The van der Waals surface area contributed by atoms with Crippen molar-refractivity contribution in [1.29, 1.82) is 0 Å². The van der Waals surface area contributed by atoms with Crippen LogP contribution >= 0.6 is 0 Å². The molecule has 0 saturated heterocycles. The Morgan fingerprint density at radius 2 is 1.94 bits per heavy atom. The summed E-state index contributed by atoms with van der Waals surface area (Å²) in [5.41, 5.74) is 3.09. The summed E-state index contributed by atoms with van der Waals surface area (Å²) in [5.74, 6) is 1.60. The van der Waals surface area contributed by atoms with E-state index < -0.39 is 0 Å². The molecular formula is C13H14N2O. The van der Waals surface area contributed by atoms with Crippen LogP contribution < -0.4 is 4.74 Å². The van der Waals surface area contributed by atoms with Gasteiger partial charge in [0.1, 0.15) is 11.6 Å². The maximum absolute atomic E-state index is 5.33. The minimum atomic E-state index is 0.765. The Kier molecular flexibility index (Phi) is 2.86. The number of rotatable bonds is 2. The highest BCUT2D eigenvalue weighted by atomic mass is 16.5. The van der Waals surface area contributed by atoms with Crippen LogP contribution in [0.2, 0.25) is 0 Å². The molecule has 0 aliphatic heterocycles. The molecule has 0 amide bonds. The summed E-state index contributed by atoms with van der Waals surface area (Å²) in [5, 5.41) is 0. The van der Waals surface area contributed by atoms with E-state index in [0.29, 0.717) is 0 Å². The lowest BCUT2D eigenvalue weighted by Crippen LogP contribution is -1.93. The summed E-state index contributed by atoms with van der Waals surface area (Å²) in [4.78, 5) is 8.49. The molecule has 0 unspecified atom stereocenters. The van der Waals surface area contributed by atoms with Crippen LogP contribution in [0, 0.1) is 13.8 Å². The summed E-state index contributed by atoms with van der Waals surface area (Å²) < 4.78 is 5.33. The first-order valence-corrected chi connectivity index (χ1v) is 5.15. The molecule has 0 radical (unpaired) electrons. The molecule has 82 valence electrons. The Labute approximate surface area is 95.1 Å². The number of aromatic nitrogens is 2. The first-order valence-electron chi connectivity index (χ1n) is 5.15. The van der Waals surface area contributed by atoms with Crippen LogP contribution in [0.25, 0.3) is 11.3 Å². The van der Waals surface area contributed by atoms with Crippen LogP contribution in [0.4, 0.5) is 0 Å². The molecule has 1 heterocycles. The van der Waals surface area contributed by atoms with Gasteiger partial charge < -0.3 is 4.74 Å². The van der Waals surface area contributed by atoms with E-state index in [1.165, 1.54) is 5.56 Å². The molecule has 16 heavy (non-hydrogen) atoms. The largest absolute Gasteiger partial charge is 0.496 e. The fourth-order valence-corrected chi connectivity index (χ4v) is 1.63. The fourth-order valence-electron chi connectivity index (χ4n) is 1.63. The molecular weight excluding hydrogens is 200 g/mol. The number of hydrogen-bond donors (Lipinski definition) is 0. The fraction of sp³-hybridized carbons (Fsp3) is 0.231. The van der Waals surface area contributed by atoms with Gasteiger partial charge in [-0.3, -0.25) is 0 Å². The van der Waals surface area contributed by atoms with Crippen molar-refractivity contribution >= 4 is 0 Å². The molecule has 0 fully saturated rings. The van der Waals surface area contributed by atoms with E-state index in [1.54, 1.807) is 13.3 Å². The van der Waals surface area contributed by atoms with Crippen molar-refractivity contribution in [3.63, 3.8) is 0 Å². The average molecular weight is 214 g/mol.